The minimum absolute atomic E-state index is 0.388. The van der Waals surface area contributed by atoms with Crippen molar-refractivity contribution >= 4 is 12.3 Å². The molecule has 0 aromatic rings. The largest absolute Gasteiger partial charge is 0.465 e. The van der Waals surface area contributed by atoms with Gasteiger partial charge in [-0.05, 0) is 19.3 Å². The van der Waals surface area contributed by atoms with Crippen molar-refractivity contribution in [2.45, 2.75) is 45.4 Å². The zero-order valence-electron chi connectivity index (χ0n) is 9.41. The average Bonchev–Trinajstić information content (AvgIpc) is 2.29. The number of rotatable bonds is 5. The van der Waals surface area contributed by atoms with Crippen molar-refractivity contribution in [2.24, 2.45) is 11.8 Å². The summed E-state index contributed by atoms with van der Waals surface area (Å²) in [5, 5.41) is 0. The van der Waals surface area contributed by atoms with E-state index in [0.29, 0.717) is 12.9 Å². The van der Waals surface area contributed by atoms with Crippen LogP contribution in [0.1, 0.15) is 45.4 Å². The summed E-state index contributed by atoms with van der Waals surface area (Å²) < 4.78 is 5.03. The van der Waals surface area contributed by atoms with Crippen molar-refractivity contribution in [3.63, 3.8) is 0 Å². The van der Waals surface area contributed by atoms with Crippen molar-refractivity contribution < 1.29 is 14.3 Å². The van der Waals surface area contributed by atoms with E-state index in [2.05, 4.69) is 0 Å². The molecule has 86 valence electrons. The average molecular weight is 212 g/mol. The second kappa shape index (κ2) is 6.59. The number of aldehydes is 1. The number of carbonyl (C=O) groups excluding carboxylic acids is 2. The van der Waals surface area contributed by atoms with Crippen molar-refractivity contribution in [2.75, 3.05) is 6.61 Å². The molecule has 3 nitrogen and oxygen atoms in total. The van der Waals surface area contributed by atoms with Gasteiger partial charge in [-0.25, -0.2) is 0 Å². The summed E-state index contributed by atoms with van der Waals surface area (Å²) in [5.41, 5.74) is 0. The van der Waals surface area contributed by atoms with Crippen LogP contribution in [0, 0.1) is 11.8 Å². The van der Waals surface area contributed by atoms with Gasteiger partial charge in [-0.15, -0.1) is 0 Å². The molecule has 0 aliphatic heterocycles. The van der Waals surface area contributed by atoms with Crippen LogP contribution in [0.15, 0.2) is 0 Å². The molecule has 0 spiro atoms. The molecule has 0 N–H and O–H groups in total. The van der Waals surface area contributed by atoms with E-state index >= 15 is 0 Å². The Labute approximate surface area is 91.2 Å². The zero-order valence-corrected chi connectivity index (χ0v) is 9.41. The van der Waals surface area contributed by atoms with Gasteiger partial charge >= 0.3 is 5.97 Å². The molecule has 1 fully saturated rings. The van der Waals surface area contributed by atoms with Gasteiger partial charge in [0.2, 0.25) is 0 Å². The van der Waals surface area contributed by atoms with E-state index in [1.807, 2.05) is 0 Å². The summed E-state index contributed by atoms with van der Waals surface area (Å²) in [5.74, 6) is -0.282. The number of hydrogen-bond acceptors (Lipinski definition) is 3. The van der Waals surface area contributed by atoms with Gasteiger partial charge in [-0.2, -0.15) is 0 Å². The topological polar surface area (TPSA) is 43.4 Å². The maximum Gasteiger partial charge on any atom is 0.315 e. The first-order valence-electron chi connectivity index (χ1n) is 5.86. The van der Waals surface area contributed by atoms with Gasteiger partial charge in [-0.3, -0.25) is 4.79 Å². The summed E-state index contributed by atoms with van der Waals surface area (Å²) in [6, 6.07) is 0. The van der Waals surface area contributed by atoms with Crippen molar-refractivity contribution in [3.05, 3.63) is 0 Å². The lowest BCUT2D eigenvalue weighted by molar-refractivity contribution is -0.149. The van der Waals surface area contributed by atoms with Gasteiger partial charge in [-0.1, -0.05) is 32.1 Å². The molecule has 0 radical (unpaired) electrons. The standard InChI is InChI=1S/C12H20O3/c1-10(9-13)12(14)15-8-7-11-5-3-2-4-6-11/h9-11H,2-8H2,1H3. The molecular weight excluding hydrogens is 192 g/mol. The Kier molecular flexibility index (Phi) is 5.37. The molecule has 3 heteroatoms. The Morgan fingerprint density at radius 1 is 1.40 bits per heavy atom. The Hall–Kier alpha value is -0.860. The second-order valence-electron chi connectivity index (χ2n) is 4.38. The first-order valence-corrected chi connectivity index (χ1v) is 5.86. The Morgan fingerprint density at radius 2 is 2.07 bits per heavy atom. The molecule has 0 saturated heterocycles. The Bertz CT molecular complexity index is 207. The third kappa shape index (κ3) is 4.45. The highest BCUT2D eigenvalue weighted by atomic mass is 16.5. The summed E-state index contributed by atoms with van der Waals surface area (Å²) >= 11 is 0. The lowest BCUT2D eigenvalue weighted by Gasteiger charge is -2.21. The highest BCUT2D eigenvalue weighted by Crippen LogP contribution is 2.26. The van der Waals surface area contributed by atoms with E-state index in [4.69, 9.17) is 4.74 Å². The third-order valence-corrected chi connectivity index (χ3v) is 3.07. The summed E-state index contributed by atoms with van der Waals surface area (Å²) in [6.45, 7) is 2.04. The molecular formula is C12H20O3. The second-order valence-corrected chi connectivity index (χ2v) is 4.38. The van der Waals surface area contributed by atoms with E-state index in [0.717, 1.165) is 12.3 Å². The molecule has 1 unspecified atom stereocenters. The molecule has 1 rings (SSSR count). The van der Waals surface area contributed by atoms with Crippen LogP contribution in [-0.2, 0) is 14.3 Å². The van der Waals surface area contributed by atoms with E-state index in [1.165, 1.54) is 32.1 Å². The van der Waals surface area contributed by atoms with Crippen LogP contribution in [-0.4, -0.2) is 18.9 Å². The smallest absolute Gasteiger partial charge is 0.315 e. The summed E-state index contributed by atoms with van der Waals surface area (Å²) in [7, 11) is 0. The van der Waals surface area contributed by atoms with Gasteiger partial charge in [0.1, 0.15) is 12.2 Å². The van der Waals surface area contributed by atoms with E-state index < -0.39 is 5.92 Å². The Balaban J connectivity index is 2.09. The van der Waals surface area contributed by atoms with E-state index in [1.54, 1.807) is 6.92 Å². The molecule has 0 bridgehead atoms. The van der Waals surface area contributed by atoms with Crippen LogP contribution in [0.3, 0.4) is 0 Å². The van der Waals surface area contributed by atoms with Crippen LogP contribution < -0.4 is 0 Å². The van der Waals surface area contributed by atoms with Gasteiger partial charge in [0.05, 0.1) is 6.61 Å². The fourth-order valence-corrected chi connectivity index (χ4v) is 1.99. The molecule has 1 aliphatic rings. The van der Waals surface area contributed by atoms with E-state index in [-0.39, 0.29) is 5.97 Å². The maximum absolute atomic E-state index is 11.2. The fourth-order valence-electron chi connectivity index (χ4n) is 1.99. The zero-order chi connectivity index (χ0) is 11.1. The molecule has 1 saturated carbocycles. The SMILES string of the molecule is CC(C=O)C(=O)OCCC1CCCCC1. The predicted molar refractivity (Wildman–Crippen MR) is 57.4 cm³/mol. The minimum atomic E-state index is -0.614. The summed E-state index contributed by atoms with van der Waals surface area (Å²) in [4.78, 5) is 21.5. The lowest BCUT2D eigenvalue weighted by Crippen LogP contribution is -2.18. The highest BCUT2D eigenvalue weighted by molar-refractivity contribution is 5.87. The minimum Gasteiger partial charge on any atom is -0.465 e. The first-order chi connectivity index (χ1) is 7.24. The van der Waals surface area contributed by atoms with Gasteiger partial charge in [0, 0.05) is 0 Å². The molecule has 0 amide bonds. The van der Waals surface area contributed by atoms with Crippen LogP contribution in [0.4, 0.5) is 0 Å². The molecule has 0 aromatic heterocycles. The van der Waals surface area contributed by atoms with Crippen molar-refractivity contribution in [3.8, 4) is 0 Å². The monoisotopic (exact) mass is 212 g/mol. The van der Waals surface area contributed by atoms with Crippen molar-refractivity contribution in [1.82, 2.24) is 0 Å². The fraction of sp³-hybridized carbons (Fsp3) is 0.833. The van der Waals surface area contributed by atoms with Crippen LogP contribution in [0.5, 0.6) is 0 Å². The van der Waals surface area contributed by atoms with Gasteiger partial charge < -0.3 is 9.53 Å². The van der Waals surface area contributed by atoms with Crippen LogP contribution >= 0.6 is 0 Å². The molecule has 1 aliphatic carbocycles. The maximum atomic E-state index is 11.2. The number of ether oxygens (including phenoxy) is 1. The molecule has 0 aromatic carbocycles. The van der Waals surface area contributed by atoms with Crippen LogP contribution in [0.2, 0.25) is 0 Å². The normalized spacial score (nSPS) is 19.5. The predicted octanol–water partition coefficient (Wildman–Crippen LogP) is 2.33. The Morgan fingerprint density at radius 3 is 2.67 bits per heavy atom. The number of hydrogen-bond donors (Lipinski definition) is 0. The van der Waals surface area contributed by atoms with Crippen LogP contribution in [0.25, 0.3) is 0 Å². The highest BCUT2D eigenvalue weighted by Gasteiger charge is 2.16. The first kappa shape index (κ1) is 12.2. The van der Waals surface area contributed by atoms with Crippen molar-refractivity contribution in [1.29, 1.82) is 0 Å². The van der Waals surface area contributed by atoms with Gasteiger partial charge in [0.15, 0.2) is 0 Å². The molecule has 1 atom stereocenters. The molecule has 15 heavy (non-hydrogen) atoms. The lowest BCUT2D eigenvalue weighted by atomic mass is 9.87. The van der Waals surface area contributed by atoms with E-state index in [9.17, 15) is 9.59 Å². The summed E-state index contributed by atoms with van der Waals surface area (Å²) in [6.07, 6.45) is 8.08. The third-order valence-electron chi connectivity index (χ3n) is 3.07. The quantitative estimate of drug-likeness (QED) is 0.399. The number of carbonyl (C=O) groups is 2. The molecule has 0 heterocycles. The van der Waals surface area contributed by atoms with Gasteiger partial charge in [0.25, 0.3) is 0 Å². The number of esters is 1.